The molecule has 2 N–H and O–H groups in total. The first kappa shape index (κ1) is 12.8. The molecule has 2 rings (SSSR count). The van der Waals surface area contributed by atoms with Crippen molar-refractivity contribution in [3.05, 3.63) is 40.6 Å². The Hall–Kier alpha value is -2.61. The number of rotatable bonds is 2. The lowest BCUT2D eigenvalue weighted by atomic mass is 10.1. The van der Waals surface area contributed by atoms with Crippen LogP contribution in [0.25, 0.3) is 0 Å². The SMILES string of the molecule is Cc1nnc(Oc2cccc(N)c2C)c(C#N)c1C. The number of ether oxygens (including phenoxy) is 1. The van der Waals surface area contributed by atoms with Gasteiger partial charge in [0.05, 0.1) is 5.69 Å². The number of nitrogen functional groups attached to an aromatic ring is 1. The summed E-state index contributed by atoms with van der Waals surface area (Å²) < 4.78 is 5.67. The zero-order valence-electron chi connectivity index (χ0n) is 11.1. The van der Waals surface area contributed by atoms with Crippen molar-refractivity contribution >= 4 is 5.69 Å². The van der Waals surface area contributed by atoms with Gasteiger partial charge in [0.2, 0.25) is 0 Å². The van der Waals surface area contributed by atoms with E-state index in [4.69, 9.17) is 10.5 Å². The van der Waals surface area contributed by atoms with Crippen molar-refractivity contribution in [1.29, 1.82) is 5.26 Å². The van der Waals surface area contributed by atoms with Crippen molar-refractivity contribution in [2.75, 3.05) is 5.73 Å². The van der Waals surface area contributed by atoms with Gasteiger partial charge in [-0.25, -0.2) is 0 Å². The van der Waals surface area contributed by atoms with Crippen LogP contribution in [0.2, 0.25) is 0 Å². The van der Waals surface area contributed by atoms with Crippen LogP contribution in [-0.2, 0) is 0 Å². The topological polar surface area (TPSA) is 84.8 Å². The van der Waals surface area contributed by atoms with Crippen molar-refractivity contribution in [2.24, 2.45) is 0 Å². The van der Waals surface area contributed by atoms with Crippen LogP contribution in [-0.4, -0.2) is 10.2 Å². The fraction of sp³-hybridized carbons (Fsp3) is 0.214. The van der Waals surface area contributed by atoms with Crippen LogP contribution in [0.3, 0.4) is 0 Å². The Morgan fingerprint density at radius 2 is 1.89 bits per heavy atom. The number of hydrogen-bond donors (Lipinski definition) is 1. The van der Waals surface area contributed by atoms with E-state index < -0.39 is 0 Å². The summed E-state index contributed by atoms with van der Waals surface area (Å²) in [5.41, 5.74) is 9.15. The highest BCUT2D eigenvalue weighted by atomic mass is 16.5. The van der Waals surface area contributed by atoms with Crippen molar-refractivity contribution < 1.29 is 4.74 Å². The third kappa shape index (κ3) is 2.33. The van der Waals surface area contributed by atoms with E-state index in [1.54, 1.807) is 25.1 Å². The van der Waals surface area contributed by atoms with E-state index in [1.165, 1.54) is 0 Å². The van der Waals surface area contributed by atoms with Gasteiger partial charge >= 0.3 is 0 Å². The summed E-state index contributed by atoms with van der Waals surface area (Å²) in [5.74, 6) is 0.786. The molecule has 96 valence electrons. The largest absolute Gasteiger partial charge is 0.436 e. The number of nitrogens with two attached hydrogens (primary N) is 1. The molecule has 1 aromatic heterocycles. The number of anilines is 1. The van der Waals surface area contributed by atoms with E-state index in [0.29, 0.717) is 22.7 Å². The monoisotopic (exact) mass is 254 g/mol. The second-order valence-corrected chi connectivity index (χ2v) is 4.27. The Balaban J connectivity index is 2.48. The van der Waals surface area contributed by atoms with E-state index in [2.05, 4.69) is 16.3 Å². The lowest BCUT2D eigenvalue weighted by Crippen LogP contribution is -2.01. The Labute approximate surface area is 111 Å². The van der Waals surface area contributed by atoms with E-state index in [0.717, 1.165) is 11.1 Å². The first-order valence-electron chi connectivity index (χ1n) is 5.81. The number of aromatic nitrogens is 2. The highest BCUT2D eigenvalue weighted by Gasteiger charge is 2.14. The maximum atomic E-state index is 9.20. The molecule has 5 heteroatoms. The molecule has 5 nitrogen and oxygen atoms in total. The van der Waals surface area contributed by atoms with Crippen LogP contribution in [0.5, 0.6) is 11.6 Å². The van der Waals surface area contributed by atoms with E-state index >= 15 is 0 Å². The highest BCUT2D eigenvalue weighted by molar-refractivity contribution is 5.55. The molecular formula is C14H14N4O. The van der Waals surface area contributed by atoms with E-state index in [-0.39, 0.29) is 5.88 Å². The average Bonchev–Trinajstić information content (AvgIpc) is 2.39. The van der Waals surface area contributed by atoms with Crippen LogP contribution >= 0.6 is 0 Å². The van der Waals surface area contributed by atoms with Crippen molar-refractivity contribution in [3.63, 3.8) is 0 Å². The average molecular weight is 254 g/mol. The molecule has 0 fully saturated rings. The molecule has 2 aromatic rings. The maximum absolute atomic E-state index is 9.20. The summed E-state index contributed by atoms with van der Waals surface area (Å²) in [6.07, 6.45) is 0. The van der Waals surface area contributed by atoms with Gasteiger partial charge in [0.15, 0.2) is 0 Å². The Kier molecular flexibility index (Phi) is 3.34. The zero-order chi connectivity index (χ0) is 14.0. The summed E-state index contributed by atoms with van der Waals surface area (Å²) in [6.45, 7) is 5.48. The first-order chi connectivity index (χ1) is 9.04. The maximum Gasteiger partial charge on any atom is 0.257 e. The molecule has 0 spiro atoms. The number of benzene rings is 1. The molecule has 0 atom stereocenters. The van der Waals surface area contributed by atoms with Crippen molar-refractivity contribution in [1.82, 2.24) is 10.2 Å². The minimum absolute atomic E-state index is 0.208. The Morgan fingerprint density at radius 1 is 1.16 bits per heavy atom. The third-order valence-electron chi connectivity index (χ3n) is 3.07. The highest BCUT2D eigenvalue weighted by Crippen LogP contribution is 2.29. The number of nitrogens with zero attached hydrogens (tertiary/aromatic N) is 3. The smallest absolute Gasteiger partial charge is 0.257 e. The molecule has 0 saturated heterocycles. The zero-order valence-corrected chi connectivity index (χ0v) is 11.1. The summed E-state index contributed by atoms with van der Waals surface area (Å²) in [7, 11) is 0. The lowest BCUT2D eigenvalue weighted by molar-refractivity contribution is 0.449. The van der Waals surface area contributed by atoms with E-state index in [1.807, 2.05) is 13.8 Å². The quantitative estimate of drug-likeness (QED) is 0.833. The van der Waals surface area contributed by atoms with Crippen LogP contribution in [0.1, 0.15) is 22.4 Å². The molecule has 0 aliphatic rings. The van der Waals surface area contributed by atoms with Crippen molar-refractivity contribution in [3.8, 4) is 17.7 Å². The van der Waals surface area contributed by atoms with Gasteiger partial charge in [-0.1, -0.05) is 6.07 Å². The molecule has 0 aliphatic heterocycles. The Morgan fingerprint density at radius 3 is 2.58 bits per heavy atom. The molecule has 0 amide bonds. The number of hydrogen-bond acceptors (Lipinski definition) is 5. The number of nitriles is 1. The van der Waals surface area contributed by atoms with Gasteiger partial charge in [-0.3, -0.25) is 0 Å². The van der Waals surface area contributed by atoms with Gasteiger partial charge in [-0.05, 0) is 38.5 Å². The molecular weight excluding hydrogens is 240 g/mol. The normalized spacial score (nSPS) is 10.0. The van der Waals surface area contributed by atoms with Gasteiger partial charge in [0, 0.05) is 11.3 Å². The molecule has 0 bridgehead atoms. The standard InChI is InChI=1S/C14H14N4O/c1-8-10(3)17-18-14(11(8)7-15)19-13-6-4-5-12(16)9(13)2/h4-6H,16H2,1-3H3. The van der Waals surface area contributed by atoms with Gasteiger partial charge < -0.3 is 10.5 Å². The lowest BCUT2D eigenvalue weighted by Gasteiger charge is -2.11. The fourth-order valence-electron chi connectivity index (χ4n) is 1.64. The van der Waals surface area contributed by atoms with Crippen LogP contribution < -0.4 is 10.5 Å². The minimum atomic E-state index is 0.208. The Bertz CT molecular complexity index is 674. The summed E-state index contributed by atoms with van der Waals surface area (Å²) in [5, 5.41) is 17.1. The van der Waals surface area contributed by atoms with E-state index in [9.17, 15) is 5.26 Å². The predicted molar refractivity (Wildman–Crippen MR) is 71.9 cm³/mol. The number of aryl methyl sites for hydroxylation is 1. The molecule has 0 aliphatic carbocycles. The summed E-state index contributed by atoms with van der Waals surface area (Å²) >= 11 is 0. The summed E-state index contributed by atoms with van der Waals surface area (Å²) in [6, 6.07) is 7.46. The second kappa shape index (κ2) is 4.94. The molecule has 0 saturated carbocycles. The molecule has 0 unspecified atom stereocenters. The summed E-state index contributed by atoms with van der Waals surface area (Å²) in [4.78, 5) is 0. The van der Waals surface area contributed by atoms with Crippen LogP contribution in [0.4, 0.5) is 5.69 Å². The first-order valence-corrected chi connectivity index (χ1v) is 5.81. The molecule has 0 radical (unpaired) electrons. The van der Waals surface area contributed by atoms with Crippen LogP contribution in [0, 0.1) is 32.1 Å². The third-order valence-corrected chi connectivity index (χ3v) is 3.07. The molecule has 1 aromatic carbocycles. The molecule has 19 heavy (non-hydrogen) atoms. The fourth-order valence-corrected chi connectivity index (χ4v) is 1.64. The van der Waals surface area contributed by atoms with Gasteiger partial charge in [-0.15, -0.1) is 5.10 Å². The van der Waals surface area contributed by atoms with Gasteiger partial charge in [0.25, 0.3) is 5.88 Å². The van der Waals surface area contributed by atoms with Crippen molar-refractivity contribution in [2.45, 2.75) is 20.8 Å². The van der Waals surface area contributed by atoms with Gasteiger partial charge in [-0.2, -0.15) is 10.4 Å². The van der Waals surface area contributed by atoms with Gasteiger partial charge in [0.1, 0.15) is 17.4 Å². The van der Waals surface area contributed by atoms with Crippen LogP contribution in [0.15, 0.2) is 18.2 Å². The predicted octanol–water partition coefficient (Wildman–Crippen LogP) is 2.65. The second-order valence-electron chi connectivity index (χ2n) is 4.27. The molecule has 1 heterocycles. The minimum Gasteiger partial charge on any atom is -0.436 e.